The molecular weight excluding hydrogens is 242 g/mol. The molecule has 0 saturated heterocycles. The van der Waals surface area contributed by atoms with Crippen LogP contribution < -0.4 is 5.32 Å². The van der Waals surface area contributed by atoms with Gasteiger partial charge >= 0.3 is 0 Å². The standard InChI is InChI=1S/C14H17N3O2/c1-2-12(10-18)16-14(19)11-5-3-6-13(9-11)17-8-4-7-15-17/h3-9,12,18H,2,10H2,1H3,(H,16,19). The lowest BCUT2D eigenvalue weighted by atomic mass is 10.1. The molecule has 0 fully saturated rings. The highest BCUT2D eigenvalue weighted by Gasteiger charge is 2.11. The van der Waals surface area contributed by atoms with Crippen molar-refractivity contribution in [1.29, 1.82) is 0 Å². The Kier molecular flexibility index (Phi) is 4.30. The lowest BCUT2D eigenvalue weighted by molar-refractivity contribution is 0.0915. The molecule has 19 heavy (non-hydrogen) atoms. The first-order chi connectivity index (χ1) is 9.24. The maximum Gasteiger partial charge on any atom is 0.251 e. The third-order valence-corrected chi connectivity index (χ3v) is 2.93. The molecule has 2 rings (SSSR count). The van der Waals surface area contributed by atoms with Gasteiger partial charge in [0.15, 0.2) is 0 Å². The minimum Gasteiger partial charge on any atom is -0.394 e. The zero-order valence-corrected chi connectivity index (χ0v) is 10.8. The number of carbonyl (C=O) groups is 1. The molecular formula is C14H17N3O2. The van der Waals surface area contributed by atoms with Crippen molar-refractivity contribution in [3.8, 4) is 5.69 Å². The third kappa shape index (κ3) is 3.20. The summed E-state index contributed by atoms with van der Waals surface area (Å²) in [4.78, 5) is 12.0. The number of nitrogens with zero attached hydrogens (tertiary/aromatic N) is 2. The minimum absolute atomic E-state index is 0.0545. The van der Waals surface area contributed by atoms with Gasteiger partial charge in [-0.1, -0.05) is 13.0 Å². The number of rotatable bonds is 5. The minimum atomic E-state index is -0.208. The van der Waals surface area contributed by atoms with Crippen LogP contribution in [0.4, 0.5) is 0 Å². The highest BCUT2D eigenvalue weighted by Crippen LogP contribution is 2.10. The fraction of sp³-hybridized carbons (Fsp3) is 0.286. The lowest BCUT2D eigenvalue weighted by Gasteiger charge is -2.14. The highest BCUT2D eigenvalue weighted by atomic mass is 16.3. The Bertz CT molecular complexity index is 533. The van der Waals surface area contributed by atoms with Gasteiger partial charge in [0.05, 0.1) is 18.3 Å². The summed E-state index contributed by atoms with van der Waals surface area (Å²) in [5.74, 6) is -0.185. The fourth-order valence-corrected chi connectivity index (χ4v) is 1.76. The second-order valence-electron chi connectivity index (χ2n) is 4.26. The molecule has 5 nitrogen and oxygen atoms in total. The number of amides is 1. The molecule has 0 bridgehead atoms. The first kappa shape index (κ1) is 13.3. The van der Waals surface area contributed by atoms with Crippen molar-refractivity contribution in [3.63, 3.8) is 0 Å². The maximum absolute atomic E-state index is 12.0. The van der Waals surface area contributed by atoms with Crippen LogP contribution in [-0.2, 0) is 0 Å². The third-order valence-electron chi connectivity index (χ3n) is 2.93. The summed E-state index contributed by atoms with van der Waals surface area (Å²) in [7, 11) is 0. The van der Waals surface area contributed by atoms with E-state index in [1.165, 1.54) is 0 Å². The molecule has 1 aromatic carbocycles. The number of carbonyl (C=O) groups excluding carboxylic acids is 1. The summed E-state index contributed by atoms with van der Waals surface area (Å²) >= 11 is 0. The largest absolute Gasteiger partial charge is 0.394 e. The molecule has 1 aromatic heterocycles. The van der Waals surface area contributed by atoms with E-state index < -0.39 is 0 Å². The van der Waals surface area contributed by atoms with E-state index in [9.17, 15) is 4.79 Å². The number of nitrogens with one attached hydrogen (secondary N) is 1. The van der Waals surface area contributed by atoms with Crippen LogP contribution in [0.25, 0.3) is 5.69 Å². The Hall–Kier alpha value is -2.14. The first-order valence-corrected chi connectivity index (χ1v) is 6.26. The summed E-state index contributed by atoms with van der Waals surface area (Å²) < 4.78 is 1.69. The number of hydrogen-bond acceptors (Lipinski definition) is 3. The summed E-state index contributed by atoms with van der Waals surface area (Å²) in [6, 6.07) is 8.82. The molecule has 0 aliphatic rings. The lowest BCUT2D eigenvalue weighted by Crippen LogP contribution is -2.36. The van der Waals surface area contributed by atoms with E-state index >= 15 is 0 Å². The SMILES string of the molecule is CCC(CO)NC(=O)c1cccc(-n2cccn2)c1. The number of hydrogen-bond donors (Lipinski definition) is 2. The molecule has 0 aliphatic heterocycles. The van der Waals surface area contributed by atoms with Gasteiger partial charge in [0, 0.05) is 18.0 Å². The van der Waals surface area contributed by atoms with Crippen LogP contribution >= 0.6 is 0 Å². The Labute approximate surface area is 111 Å². The monoisotopic (exact) mass is 259 g/mol. The number of aliphatic hydroxyl groups is 1. The van der Waals surface area contributed by atoms with E-state index in [2.05, 4.69) is 10.4 Å². The maximum atomic E-state index is 12.0. The number of benzene rings is 1. The van der Waals surface area contributed by atoms with Crippen molar-refractivity contribution in [3.05, 3.63) is 48.3 Å². The highest BCUT2D eigenvalue weighted by molar-refractivity contribution is 5.94. The summed E-state index contributed by atoms with van der Waals surface area (Å²) in [6.07, 6.45) is 4.20. The zero-order valence-electron chi connectivity index (χ0n) is 10.8. The van der Waals surface area contributed by atoms with E-state index in [0.717, 1.165) is 5.69 Å². The Balaban J connectivity index is 2.17. The number of aliphatic hydroxyl groups excluding tert-OH is 1. The molecule has 0 aliphatic carbocycles. The summed E-state index contributed by atoms with van der Waals surface area (Å²) in [5, 5.41) is 16.0. The van der Waals surface area contributed by atoms with Crippen LogP contribution in [0.15, 0.2) is 42.7 Å². The average molecular weight is 259 g/mol. The molecule has 1 heterocycles. The second-order valence-corrected chi connectivity index (χ2v) is 4.26. The summed E-state index contributed by atoms with van der Waals surface area (Å²) in [5.41, 5.74) is 1.38. The molecule has 2 aromatic rings. The van der Waals surface area contributed by atoms with E-state index in [4.69, 9.17) is 5.11 Å². The van der Waals surface area contributed by atoms with Crippen molar-refractivity contribution in [2.24, 2.45) is 0 Å². The van der Waals surface area contributed by atoms with Crippen LogP contribution in [0.1, 0.15) is 23.7 Å². The molecule has 0 saturated carbocycles. The van der Waals surface area contributed by atoms with Crippen LogP contribution in [-0.4, -0.2) is 33.4 Å². The fourth-order valence-electron chi connectivity index (χ4n) is 1.76. The predicted molar refractivity (Wildman–Crippen MR) is 72.2 cm³/mol. The van der Waals surface area contributed by atoms with Crippen molar-refractivity contribution in [2.75, 3.05) is 6.61 Å². The Morgan fingerprint density at radius 1 is 1.47 bits per heavy atom. The van der Waals surface area contributed by atoms with Gasteiger partial charge in [-0.25, -0.2) is 4.68 Å². The zero-order chi connectivity index (χ0) is 13.7. The number of aromatic nitrogens is 2. The Morgan fingerprint density at radius 2 is 2.32 bits per heavy atom. The molecule has 5 heteroatoms. The van der Waals surface area contributed by atoms with Crippen molar-refractivity contribution in [2.45, 2.75) is 19.4 Å². The van der Waals surface area contributed by atoms with E-state index in [-0.39, 0.29) is 18.6 Å². The van der Waals surface area contributed by atoms with Gasteiger partial charge in [-0.05, 0) is 30.7 Å². The van der Waals surface area contributed by atoms with Gasteiger partial charge in [0.25, 0.3) is 5.91 Å². The van der Waals surface area contributed by atoms with Gasteiger partial charge in [-0.3, -0.25) is 4.79 Å². The van der Waals surface area contributed by atoms with Crippen molar-refractivity contribution < 1.29 is 9.90 Å². The molecule has 1 atom stereocenters. The molecule has 2 N–H and O–H groups in total. The van der Waals surface area contributed by atoms with Crippen LogP contribution in [0.5, 0.6) is 0 Å². The van der Waals surface area contributed by atoms with E-state index in [0.29, 0.717) is 12.0 Å². The predicted octanol–water partition coefficient (Wildman–Crippen LogP) is 1.37. The first-order valence-electron chi connectivity index (χ1n) is 6.26. The van der Waals surface area contributed by atoms with E-state index in [1.807, 2.05) is 31.3 Å². The van der Waals surface area contributed by atoms with Crippen LogP contribution in [0.3, 0.4) is 0 Å². The van der Waals surface area contributed by atoms with Gasteiger partial charge in [-0.15, -0.1) is 0 Å². The van der Waals surface area contributed by atoms with Gasteiger partial charge < -0.3 is 10.4 Å². The average Bonchev–Trinajstić information content (AvgIpc) is 2.99. The topological polar surface area (TPSA) is 67.2 Å². The normalized spacial score (nSPS) is 12.1. The molecule has 1 amide bonds. The molecule has 0 radical (unpaired) electrons. The van der Waals surface area contributed by atoms with Gasteiger partial charge in [-0.2, -0.15) is 5.10 Å². The van der Waals surface area contributed by atoms with Crippen molar-refractivity contribution in [1.82, 2.24) is 15.1 Å². The summed E-state index contributed by atoms with van der Waals surface area (Å²) in [6.45, 7) is 1.86. The van der Waals surface area contributed by atoms with Crippen LogP contribution in [0.2, 0.25) is 0 Å². The molecule has 1 unspecified atom stereocenters. The van der Waals surface area contributed by atoms with Crippen LogP contribution in [0, 0.1) is 0 Å². The quantitative estimate of drug-likeness (QED) is 0.852. The smallest absolute Gasteiger partial charge is 0.251 e. The Morgan fingerprint density at radius 3 is 2.95 bits per heavy atom. The second kappa shape index (κ2) is 6.15. The van der Waals surface area contributed by atoms with Gasteiger partial charge in [0.2, 0.25) is 0 Å². The van der Waals surface area contributed by atoms with Crippen molar-refractivity contribution >= 4 is 5.91 Å². The van der Waals surface area contributed by atoms with E-state index in [1.54, 1.807) is 23.0 Å². The molecule has 100 valence electrons. The molecule has 0 spiro atoms. The van der Waals surface area contributed by atoms with Gasteiger partial charge in [0.1, 0.15) is 0 Å².